The molecule has 2 aromatic heterocycles. The van der Waals surface area contributed by atoms with Crippen LogP contribution in [0.1, 0.15) is 48.7 Å². The first kappa shape index (κ1) is 15.6. The summed E-state index contributed by atoms with van der Waals surface area (Å²) in [5.41, 5.74) is 5.27. The fourth-order valence-corrected chi connectivity index (χ4v) is 4.10. The molecule has 0 saturated heterocycles. The number of hydrogen-bond donors (Lipinski definition) is 2. The van der Waals surface area contributed by atoms with Crippen molar-refractivity contribution in [3.05, 3.63) is 41.5 Å². The van der Waals surface area contributed by atoms with Gasteiger partial charge in [0, 0.05) is 36.7 Å². The smallest absolute Gasteiger partial charge is 0.227 e. The predicted molar refractivity (Wildman–Crippen MR) is 100 cm³/mol. The second-order valence-electron chi connectivity index (χ2n) is 7.65. The number of amides is 1. The molecule has 3 aromatic rings. The first-order valence-electron chi connectivity index (χ1n) is 9.47. The molecule has 0 aliphatic heterocycles. The van der Waals surface area contributed by atoms with Gasteiger partial charge in [0.2, 0.25) is 5.91 Å². The van der Waals surface area contributed by atoms with E-state index in [1.54, 1.807) is 0 Å². The van der Waals surface area contributed by atoms with Crippen LogP contribution >= 0.6 is 0 Å². The molecule has 0 radical (unpaired) electrons. The maximum atomic E-state index is 12.7. The SMILES string of the molecule is Cn1ncc2c1C[C@@H](C(=O)Nc1ccc3nc(C4CCC4)[nH]c3c1)CC2. The van der Waals surface area contributed by atoms with E-state index >= 15 is 0 Å². The van der Waals surface area contributed by atoms with Gasteiger partial charge in [-0.05, 0) is 49.4 Å². The Hall–Kier alpha value is -2.63. The van der Waals surface area contributed by atoms with Crippen molar-refractivity contribution in [2.45, 2.75) is 44.4 Å². The molecule has 1 saturated carbocycles. The van der Waals surface area contributed by atoms with E-state index in [1.807, 2.05) is 36.1 Å². The number of H-pyrrole nitrogens is 1. The van der Waals surface area contributed by atoms with Gasteiger partial charge in [-0.15, -0.1) is 0 Å². The van der Waals surface area contributed by atoms with Crippen molar-refractivity contribution in [1.82, 2.24) is 19.7 Å². The van der Waals surface area contributed by atoms with Crippen LogP contribution in [0.5, 0.6) is 0 Å². The van der Waals surface area contributed by atoms with E-state index in [1.165, 1.54) is 30.5 Å². The van der Waals surface area contributed by atoms with E-state index in [4.69, 9.17) is 4.98 Å². The number of aromatic nitrogens is 4. The predicted octanol–water partition coefficient (Wildman–Crippen LogP) is 3.31. The Kier molecular flexibility index (Phi) is 3.58. The summed E-state index contributed by atoms with van der Waals surface area (Å²) in [6, 6.07) is 5.94. The molecule has 0 bridgehead atoms. The average Bonchev–Trinajstić information content (AvgIpc) is 3.16. The summed E-state index contributed by atoms with van der Waals surface area (Å²) < 4.78 is 1.90. The second kappa shape index (κ2) is 5.97. The number of aromatic amines is 1. The molecule has 1 atom stereocenters. The van der Waals surface area contributed by atoms with Gasteiger partial charge < -0.3 is 10.3 Å². The van der Waals surface area contributed by atoms with Gasteiger partial charge in [0.1, 0.15) is 5.82 Å². The summed E-state index contributed by atoms with van der Waals surface area (Å²) in [5.74, 6) is 1.76. The maximum Gasteiger partial charge on any atom is 0.227 e. The van der Waals surface area contributed by atoms with Crippen molar-refractivity contribution in [3.63, 3.8) is 0 Å². The monoisotopic (exact) mass is 349 g/mol. The molecule has 2 aliphatic carbocycles. The molecular weight excluding hydrogens is 326 g/mol. The number of carbonyl (C=O) groups is 1. The van der Waals surface area contributed by atoms with Gasteiger partial charge in [0.25, 0.3) is 0 Å². The minimum absolute atomic E-state index is 0.000834. The lowest BCUT2D eigenvalue weighted by molar-refractivity contribution is -0.120. The number of fused-ring (bicyclic) bond motifs is 2. The third-order valence-corrected chi connectivity index (χ3v) is 5.98. The highest BCUT2D eigenvalue weighted by Gasteiger charge is 2.27. The lowest BCUT2D eigenvalue weighted by Crippen LogP contribution is -2.28. The third-order valence-electron chi connectivity index (χ3n) is 5.98. The van der Waals surface area contributed by atoms with Crippen LogP contribution in [0.3, 0.4) is 0 Å². The molecule has 26 heavy (non-hydrogen) atoms. The largest absolute Gasteiger partial charge is 0.342 e. The quantitative estimate of drug-likeness (QED) is 0.762. The van der Waals surface area contributed by atoms with Crippen LogP contribution in [-0.2, 0) is 24.7 Å². The summed E-state index contributed by atoms with van der Waals surface area (Å²) in [6.07, 6.45) is 8.23. The molecule has 134 valence electrons. The van der Waals surface area contributed by atoms with Crippen LogP contribution in [0.4, 0.5) is 5.69 Å². The van der Waals surface area contributed by atoms with Gasteiger partial charge in [-0.2, -0.15) is 5.10 Å². The van der Waals surface area contributed by atoms with Gasteiger partial charge in [0.05, 0.1) is 17.2 Å². The van der Waals surface area contributed by atoms with Crippen molar-refractivity contribution in [3.8, 4) is 0 Å². The summed E-state index contributed by atoms with van der Waals surface area (Å²) in [6.45, 7) is 0. The number of hydrogen-bond acceptors (Lipinski definition) is 3. The fourth-order valence-electron chi connectivity index (χ4n) is 4.10. The maximum absolute atomic E-state index is 12.7. The highest BCUT2D eigenvalue weighted by molar-refractivity contribution is 5.94. The molecule has 0 spiro atoms. The summed E-state index contributed by atoms with van der Waals surface area (Å²) in [4.78, 5) is 20.9. The Morgan fingerprint density at radius 3 is 3.00 bits per heavy atom. The van der Waals surface area contributed by atoms with Crippen molar-refractivity contribution in [2.24, 2.45) is 13.0 Å². The van der Waals surface area contributed by atoms with Crippen LogP contribution in [0.15, 0.2) is 24.4 Å². The number of carbonyl (C=O) groups excluding carboxylic acids is 1. The molecule has 1 fully saturated rings. The van der Waals surface area contributed by atoms with Gasteiger partial charge in [0.15, 0.2) is 0 Å². The second-order valence-corrected chi connectivity index (χ2v) is 7.65. The molecule has 1 amide bonds. The number of imidazole rings is 1. The minimum atomic E-state index is 0.000834. The molecular formula is C20H23N5O. The Labute approximate surface area is 152 Å². The molecule has 0 unspecified atom stereocenters. The number of nitrogens with one attached hydrogen (secondary N) is 2. The van der Waals surface area contributed by atoms with E-state index in [0.717, 1.165) is 41.8 Å². The Balaban J connectivity index is 1.32. The van der Waals surface area contributed by atoms with Crippen molar-refractivity contribution < 1.29 is 4.79 Å². The molecule has 2 N–H and O–H groups in total. The molecule has 5 rings (SSSR count). The zero-order valence-electron chi connectivity index (χ0n) is 15.0. The zero-order valence-corrected chi connectivity index (χ0v) is 15.0. The number of aryl methyl sites for hydroxylation is 2. The van der Waals surface area contributed by atoms with Crippen LogP contribution in [0.25, 0.3) is 11.0 Å². The topological polar surface area (TPSA) is 75.6 Å². The van der Waals surface area contributed by atoms with Crippen LogP contribution in [0, 0.1) is 5.92 Å². The minimum Gasteiger partial charge on any atom is -0.342 e. The molecule has 1 aromatic carbocycles. The molecule has 2 heterocycles. The molecule has 2 aliphatic rings. The van der Waals surface area contributed by atoms with Crippen LogP contribution in [-0.4, -0.2) is 25.7 Å². The lowest BCUT2D eigenvalue weighted by atomic mass is 9.85. The summed E-state index contributed by atoms with van der Waals surface area (Å²) >= 11 is 0. The third kappa shape index (κ3) is 2.60. The zero-order chi connectivity index (χ0) is 17.7. The van der Waals surface area contributed by atoms with E-state index in [0.29, 0.717) is 5.92 Å². The van der Waals surface area contributed by atoms with Gasteiger partial charge in [-0.25, -0.2) is 4.98 Å². The molecule has 6 heteroatoms. The number of nitrogens with zero attached hydrogens (tertiary/aromatic N) is 3. The molecule has 6 nitrogen and oxygen atoms in total. The van der Waals surface area contributed by atoms with Crippen LogP contribution in [0.2, 0.25) is 0 Å². The van der Waals surface area contributed by atoms with E-state index in [9.17, 15) is 4.79 Å². The van der Waals surface area contributed by atoms with E-state index < -0.39 is 0 Å². The van der Waals surface area contributed by atoms with Crippen LogP contribution < -0.4 is 5.32 Å². The van der Waals surface area contributed by atoms with E-state index in [-0.39, 0.29) is 11.8 Å². The Bertz CT molecular complexity index is 981. The summed E-state index contributed by atoms with van der Waals surface area (Å²) in [7, 11) is 1.95. The fraction of sp³-hybridized carbons (Fsp3) is 0.450. The highest BCUT2D eigenvalue weighted by Crippen LogP contribution is 2.35. The lowest BCUT2D eigenvalue weighted by Gasteiger charge is -2.22. The number of rotatable bonds is 3. The van der Waals surface area contributed by atoms with Crippen molar-refractivity contribution in [1.29, 1.82) is 0 Å². The van der Waals surface area contributed by atoms with Crippen molar-refractivity contribution >= 4 is 22.6 Å². The first-order valence-corrected chi connectivity index (χ1v) is 9.47. The number of anilines is 1. The summed E-state index contributed by atoms with van der Waals surface area (Å²) in [5, 5.41) is 7.41. The first-order chi connectivity index (χ1) is 12.7. The van der Waals surface area contributed by atoms with Gasteiger partial charge in [-0.1, -0.05) is 6.42 Å². The highest BCUT2D eigenvalue weighted by atomic mass is 16.1. The standard InChI is InChI=1S/C20H23N5O/c1-25-18-9-13(5-6-14(18)11-21-25)20(26)22-15-7-8-16-17(10-15)24-19(23-16)12-3-2-4-12/h7-8,10-13H,2-6,9H2,1H3,(H,22,26)(H,23,24)/t13-/m0/s1. The van der Waals surface area contributed by atoms with E-state index in [2.05, 4.69) is 15.4 Å². The number of benzene rings is 1. The Morgan fingerprint density at radius 1 is 1.31 bits per heavy atom. The normalized spacial score (nSPS) is 20.0. The average molecular weight is 349 g/mol. The van der Waals surface area contributed by atoms with Gasteiger partial charge >= 0.3 is 0 Å². The Morgan fingerprint density at radius 2 is 2.19 bits per heavy atom. The van der Waals surface area contributed by atoms with Gasteiger partial charge in [-0.3, -0.25) is 9.48 Å². The van der Waals surface area contributed by atoms with Crippen molar-refractivity contribution in [2.75, 3.05) is 5.32 Å².